The second-order valence-electron chi connectivity index (χ2n) is 8.25. The number of aromatic hydroxyl groups is 1. The standard InChI is InChI=1S/C25H23ClN2O9S3/c26-18-4-2-1-3-14(18)12-38-13-21(30)19(10-23(31)32)28-24(33)22-8-5-15(39-22)11-27-40(36,37)16-6-7-17(25(34)35)20(29)9-16/h1-9,19,27,29H,10-13H2,(H,28,33)(H,31,32)(H,34,35)/t19-/m0/s1. The summed E-state index contributed by atoms with van der Waals surface area (Å²) in [6, 6.07) is 11.5. The van der Waals surface area contributed by atoms with Crippen LogP contribution in [0.15, 0.2) is 59.5 Å². The van der Waals surface area contributed by atoms with Crippen molar-refractivity contribution in [2.45, 2.75) is 29.7 Å². The molecule has 0 unspecified atom stereocenters. The number of hydrogen-bond acceptors (Lipinski definition) is 9. The molecule has 3 rings (SSSR count). The number of rotatable bonds is 14. The summed E-state index contributed by atoms with van der Waals surface area (Å²) >= 11 is 8.28. The molecule has 40 heavy (non-hydrogen) atoms. The molecule has 1 aromatic heterocycles. The minimum atomic E-state index is -4.13. The number of carbonyl (C=O) groups excluding carboxylic acids is 2. The molecule has 0 aliphatic rings. The van der Waals surface area contributed by atoms with Gasteiger partial charge in [-0.3, -0.25) is 14.4 Å². The number of nitrogens with one attached hydrogen (secondary N) is 2. The van der Waals surface area contributed by atoms with Crippen molar-refractivity contribution in [1.29, 1.82) is 0 Å². The van der Waals surface area contributed by atoms with Gasteiger partial charge in [-0.25, -0.2) is 17.9 Å². The maximum Gasteiger partial charge on any atom is 0.339 e. The van der Waals surface area contributed by atoms with Gasteiger partial charge in [0.05, 0.1) is 28.0 Å². The van der Waals surface area contributed by atoms with E-state index in [9.17, 15) is 37.8 Å². The lowest BCUT2D eigenvalue weighted by molar-refractivity contribution is -0.139. The first kappa shape index (κ1) is 31.1. The summed E-state index contributed by atoms with van der Waals surface area (Å²) in [6.45, 7) is -0.224. The van der Waals surface area contributed by atoms with Gasteiger partial charge in [-0.05, 0) is 35.9 Å². The highest BCUT2D eigenvalue weighted by molar-refractivity contribution is 7.99. The number of benzene rings is 2. The number of carbonyl (C=O) groups is 4. The molecule has 1 amide bonds. The third-order valence-electron chi connectivity index (χ3n) is 5.36. The van der Waals surface area contributed by atoms with E-state index in [0.717, 1.165) is 35.1 Å². The SMILES string of the molecule is O=C(O)C[C@H](NC(=O)c1ccc(CNS(=O)(=O)c2ccc(C(=O)O)c(O)c2)s1)C(=O)CSCc1ccccc1Cl. The Morgan fingerprint density at radius 1 is 1.02 bits per heavy atom. The molecule has 0 radical (unpaired) electrons. The Bertz CT molecular complexity index is 1540. The summed E-state index contributed by atoms with van der Waals surface area (Å²) in [5.74, 6) is -4.19. The smallest absolute Gasteiger partial charge is 0.339 e. The van der Waals surface area contributed by atoms with Gasteiger partial charge in [-0.2, -0.15) is 0 Å². The van der Waals surface area contributed by atoms with Crippen molar-refractivity contribution < 1.29 is 42.9 Å². The number of Topliss-reactive ketones (excluding diaryl/α,β-unsaturated/α-hetero) is 1. The monoisotopic (exact) mass is 626 g/mol. The molecule has 1 atom stereocenters. The number of aromatic carboxylic acids is 1. The van der Waals surface area contributed by atoms with Gasteiger partial charge in [0.2, 0.25) is 10.0 Å². The lowest BCUT2D eigenvalue weighted by atomic mass is 10.1. The van der Waals surface area contributed by atoms with Gasteiger partial charge < -0.3 is 20.6 Å². The number of halogens is 1. The van der Waals surface area contributed by atoms with Crippen LogP contribution >= 0.6 is 34.7 Å². The average molecular weight is 627 g/mol. The van der Waals surface area contributed by atoms with E-state index in [1.807, 2.05) is 6.07 Å². The summed E-state index contributed by atoms with van der Waals surface area (Å²) in [7, 11) is -4.13. The van der Waals surface area contributed by atoms with Crippen LogP contribution in [0, 0.1) is 0 Å². The molecular formula is C25H23ClN2O9S3. The Labute approximate surface area is 242 Å². The summed E-state index contributed by atoms with van der Waals surface area (Å²) in [4.78, 5) is 48.0. The lowest BCUT2D eigenvalue weighted by Gasteiger charge is -2.15. The first-order valence-corrected chi connectivity index (χ1v) is 15.2. The van der Waals surface area contributed by atoms with Crippen molar-refractivity contribution in [3.63, 3.8) is 0 Å². The van der Waals surface area contributed by atoms with Gasteiger partial charge in [0.15, 0.2) is 5.78 Å². The zero-order valence-corrected chi connectivity index (χ0v) is 23.7. The first-order chi connectivity index (χ1) is 18.9. The van der Waals surface area contributed by atoms with E-state index < -0.39 is 57.4 Å². The Kier molecular flexibility index (Phi) is 10.7. The van der Waals surface area contributed by atoms with Crippen molar-refractivity contribution in [3.05, 3.63) is 80.5 Å². The lowest BCUT2D eigenvalue weighted by Crippen LogP contribution is -2.43. The van der Waals surface area contributed by atoms with Crippen LogP contribution in [0.25, 0.3) is 0 Å². The molecule has 0 fully saturated rings. The highest BCUT2D eigenvalue weighted by atomic mass is 35.5. The van der Waals surface area contributed by atoms with Crippen molar-refractivity contribution in [2.24, 2.45) is 0 Å². The van der Waals surface area contributed by atoms with Crippen LogP contribution in [0.3, 0.4) is 0 Å². The predicted octanol–water partition coefficient (Wildman–Crippen LogP) is 3.36. The number of thiophene rings is 1. The van der Waals surface area contributed by atoms with Gasteiger partial charge in [0.1, 0.15) is 11.3 Å². The highest BCUT2D eigenvalue weighted by Gasteiger charge is 2.25. The normalized spacial score (nSPS) is 12.0. The highest BCUT2D eigenvalue weighted by Crippen LogP contribution is 2.24. The van der Waals surface area contributed by atoms with Gasteiger partial charge in [-0.1, -0.05) is 29.8 Å². The number of phenols is 1. The molecule has 1 heterocycles. The fraction of sp³-hybridized carbons (Fsp3) is 0.200. The van der Waals surface area contributed by atoms with Gasteiger partial charge in [-0.15, -0.1) is 23.1 Å². The second kappa shape index (κ2) is 13.8. The quantitative estimate of drug-likeness (QED) is 0.177. The van der Waals surface area contributed by atoms with Crippen LogP contribution in [0.5, 0.6) is 5.75 Å². The maximum absolute atomic E-state index is 12.8. The summed E-state index contributed by atoms with van der Waals surface area (Å²) in [6.07, 6.45) is -0.608. The van der Waals surface area contributed by atoms with E-state index >= 15 is 0 Å². The van der Waals surface area contributed by atoms with E-state index in [4.69, 9.17) is 16.7 Å². The van der Waals surface area contributed by atoms with Crippen LogP contribution in [-0.4, -0.2) is 59.2 Å². The third-order valence-corrected chi connectivity index (χ3v) is 9.22. The number of carboxylic acids is 2. The number of carboxylic acid groups (broad SMARTS) is 2. The van der Waals surface area contributed by atoms with E-state index in [-0.39, 0.29) is 22.1 Å². The number of hydrogen-bond donors (Lipinski definition) is 5. The number of thioether (sulfide) groups is 1. The van der Waals surface area contributed by atoms with Crippen molar-refractivity contribution in [1.82, 2.24) is 10.0 Å². The zero-order valence-electron chi connectivity index (χ0n) is 20.5. The Hall–Kier alpha value is -3.43. The molecule has 0 spiro atoms. The van der Waals surface area contributed by atoms with E-state index in [2.05, 4.69) is 10.0 Å². The molecule has 11 nitrogen and oxygen atoms in total. The molecule has 3 aromatic rings. The average Bonchev–Trinajstić information content (AvgIpc) is 3.37. The largest absolute Gasteiger partial charge is 0.507 e. The molecule has 15 heteroatoms. The molecule has 5 N–H and O–H groups in total. The fourth-order valence-corrected chi connectivity index (χ4v) is 6.56. The van der Waals surface area contributed by atoms with Crippen molar-refractivity contribution >= 4 is 68.4 Å². The minimum absolute atomic E-state index is 0.0517. The van der Waals surface area contributed by atoms with Crippen molar-refractivity contribution in [2.75, 3.05) is 5.75 Å². The van der Waals surface area contributed by atoms with Gasteiger partial charge in [0.25, 0.3) is 5.91 Å². The van der Waals surface area contributed by atoms with Crippen LogP contribution < -0.4 is 10.0 Å². The van der Waals surface area contributed by atoms with Crippen LogP contribution in [0.4, 0.5) is 0 Å². The number of sulfonamides is 1. The van der Waals surface area contributed by atoms with Crippen molar-refractivity contribution in [3.8, 4) is 5.75 Å². The molecule has 0 aliphatic carbocycles. The zero-order chi connectivity index (χ0) is 29.4. The molecule has 212 valence electrons. The third kappa shape index (κ3) is 8.53. The summed E-state index contributed by atoms with van der Waals surface area (Å²) < 4.78 is 27.4. The van der Waals surface area contributed by atoms with E-state index in [1.165, 1.54) is 23.9 Å². The van der Waals surface area contributed by atoms with Crippen LogP contribution in [0.1, 0.15) is 36.9 Å². The molecule has 2 aromatic carbocycles. The predicted molar refractivity (Wildman–Crippen MR) is 150 cm³/mol. The van der Waals surface area contributed by atoms with E-state index in [0.29, 0.717) is 15.7 Å². The van der Waals surface area contributed by atoms with Crippen LogP contribution in [-0.2, 0) is 31.9 Å². The number of amides is 1. The molecule has 0 saturated carbocycles. The molecular weight excluding hydrogens is 604 g/mol. The topological polar surface area (TPSA) is 187 Å². The van der Waals surface area contributed by atoms with Gasteiger partial charge in [0, 0.05) is 28.3 Å². The Morgan fingerprint density at radius 3 is 2.40 bits per heavy atom. The summed E-state index contributed by atoms with van der Waals surface area (Å²) in [5.41, 5.74) is 0.364. The molecule has 0 aliphatic heterocycles. The minimum Gasteiger partial charge on any atom is -0.507 e. The summed E-state index contributed by atoms with van der Waals surface area (Å²) in [5, 5.41) is 30.9. The van der Waals surface area contributed by atoms with E-state index in [1.54, 1.807) is 18.2 Å². The van der Waals surface area contributed by atoms with Gasteiger partial charge >= 0.3 is 11.9 Å². The first-order valence-electron chi connectivity index (χ1n) is 11.4. The number of aliphatic carboxylic acids is 1. The Morgan fingerprint density at radius 2 is 1.75 bits per heavy atom. The van der Waals surface area contributed by atoms with Crippen LogP contribution in [0.2, 0.25) is 5.02 Å². The molecule has 0 bridgehead atoms. The fourth-order valence-electron chi connectivity index (χ4n) is 3.33. The second-order valence-corrected chi connectivity index (χ2v) is 12.6. The Balaban J connectivity index is 1.60. The number of ketones is 1. The maximum atomic E-state index is 12.8. The molecule has 0 saturated heterocycles.